The zero-order valence-corrected chi connectivity index (χ0v) is 14.9. The Kier molecular flexibility index (Phi) is 3.98. The Hall–Kier alpha value is -2.14. The topological polar surface area (TPSA) is 47.0 Å². The van der Waals surface area contributed by atoms with E-state index in [1.54, 1.807) is 17.7 Å². The van der Waals surface area contributed by atoms with Crippen LogP contribution in [0.5, 0.6) is 5.75 Å². The lowest BCUT2D eigenvalue weighted by molar-refractivity contribution is 0.132. The van der Waals surface area contributed by atoms with Gasteiger partial charge in [0.15, 0.2) is 0 Å². The standard InChI is InChI=1S/C18H21N3OS/c1-11-12(2)23-17-15(11)16(19-10-20-17)21-13-8-6-7-9-14(13)22-18(3,4)5/h6-10H,1-5H3,(H,19,20,21). The molecule has 3 rings (SSSR count). The first-order chi connectivity index (χ1) is 10.8. The van der Waals surface area contributed by atoms with E-state index in [0.29, 0.717) is 0 Å². The van der Waals surface area contributed by atoms with Gasteiger partial charge in [0.05, 0.1) is 11.1 Å². The van der Waals surface area contributed by atoms with E-state index in [4.69, 9.17) is 4.74 Å². The molecule has 2 aromatic heterocycles. The Labute approximate surface area is 140 Å². The van der Waals surface area contributed by atoms with Gasteiger partial charge in [0.1, 0.15) is 28.3 Å². The average Bonchev–Trinajstić information content (AvgIpc) is 2.76. The van der Waals surface area contributed by atoms with E-state index in [1.165, 1.54) is 10.4 Å². The van der Waals surface area contributed by atoms with Gasteiger partial charge in [0.25, 0.3) is 0 Å². The first-order valence-corrected chi connectivity index (χ1v) is 8.42. The van der Waals surface area contributed by atoms with Gasteiger partial charge >= 0.3 is 0 Å². The van der Waals surface area contributed by atoms with Crippen LogP contribution in [-0.2, 0) is 0 Å². The molecule has 0 atom stereocenters. The number of nitrogens with one attached hydrogen (secondary N) is 1. The largest absolute Gasteiger partial charge is 0.486 e. The minimum absolute atomic E-state index is 0.256. The number of ether oxygens (including phenoxy) is 1. The number of fused-ring (bicyclic) bond motifs is 1. The molecule has 1 N–H and O–H groups in total. The van der Waals surface area contributed by atoms with Gasteiger partial charge in [-0.25, -0.2) is 9.97 Å². The summed E-state index contributed by atoms with van der Waals surface area (Å²) in [6.07, 6.45) is 1.60. The van der Waals surface area contributed by atoms with Crippen LogP contribution >= 0.6 is 11.3 Å². The highest BCUT2D eigenvalue weighted by molar-refractivity contribution is 7.18. The molecule has 0 fully saturated rings. The molecule has 5 heteroatoms. The molecular weight excluding hydrogens is 306 g/mol. The minimum Gasteiger partial charge on any atom is -0.486 e. The fourth-order valence-corrected chi connectivity index (χ4v) is 3.39. The summed E-state index contributed by atoms with van der Waals surface area (Å²) in [6, 6.07) is 7.94. The molecule has 2 heterocycles. The lowest BCUT2D eigenvalue weighted by atomic mass is 10.2. The Morgan fingerprint density at radius 3 is 2.57 bits per heavy atom. The van der Waals surface area contributed by atoms with Crippen molar-refractivity contribution in [3.05, 3.63) is 41.0 Å². The maximum Gasteiger partial charge on any atom is 0.143 e. The summed E-state index contributed by atoms with van der Waals surface area (Å²) in [7, 11) is 0. The highest BCUT2D eigenvalue weighted by atomic mass is 32.1. The quantitative estimate of drug-likeness (QED) is 0.715. The van der Waals surface area contributed by atoms with Gasteiger partial charge in [-0.2, -0.15) is 0 Å². The molecule has 23 heavy (non-hydrogen) atoms. The second-order valence-corrected chi connectivity index (χ2v) is 7.72. The second kappa shape index (κ2) is 5.81. The Morgan fingerprint density at radius 1 is 1.09 bits per heavy atom. The van der Waals surface area contributed by atoms with Crippen molar-refractivity contribution in [1.29, 1.82) is 0 Å². The van der Waals surface area contributed by atoms with Gasteiger partial charge in [-0.05, 0) is 52.3 Å². The van der Waals surface area contributed by atoms with E-state index in [9.17, 15) is 0 Å². The molecule has 0 aliphatic carbocycles. The van der Waals surface area contributed by atoms with E-state index in [1.807, 2.05) is 45.0 Å². The van der Waals surface area contributed by atoms with Crippen molar-refractivity contribution in [3.8, 4) is 5.75 Å². The fraction of sp³-hybridized carbons (Fsp3) is 0.333. The lowest BCUT2D eigenvalue weighted by Gasteiger charge is -2.23. The van der Waals surface area contributed by atoms with Crippen molar-refractivity contribution in [1.82, 2.24) is 9.97 Å². The third-order valence-corrected chi connectivity index (χ3v) is 4.64. The third kappa shape index (κ3) is 3.29. The minimum atomic E-state index is -0.256. The van der Waals surface area contributed by atoms with Crippen LogP contribution < -0.4 is 10.1 Å². The first kappa shape index (κ1) is 15.7. The highest BCUT2D eigenvalue weighted by Gasteiger charge is 2.16. The summed E-state index contributed by atoms with van der Waals surface area (Å²) >= 11 is 1.70. The molecule has 0 radical (unpaired) electrons. The number of hydrogen-bond acceptors (Lipinski definition) is 5. The second-order valence-electron chi connectivity index (χ2n) is 6.52. The van der Waals surface area contributed by atoms with Crippen LogP contribution in [0.2, 0.25) is 0 Å². The van der Waals surface area contributed by atoms with Crippen molar-refractivity contribution >= 4 is 33.1 Å². The van der Waals surface area contributed by atoms with E-state index in [2.05, 4.69) is 29.1 Å². The SMILES string of the molecule is Cc1sc2ncnc(Nc3ccccc3OC(C)(C)C)c2c1C. The summed E-state index contributed by atoms with van der Waals surface area (Å²) in [6.45, 7) is 10.3. The number of rotatable bonds is 3. The van der Waals surface area contributed by atoms with Crippen LogP contribution in [0.25, 0.3) is 10.2 Å². The van der Waals surface area contributed by atoms with Gasteiger partial charge < -0.3 is 10.1 Å². The number of anilines is 2. The van der Waals surface area contributed by atoms with E-state index in [0.717, 1.165) is 27.5 Å². The zero-order chi connectivity index (χ0) is 16.6. The Balaban J connectivity index is 2.03. The maximum atomic E-state index is 6.05. The predicted octanol–water partition coefficient (Wildman–Crippen LogP) is 5.23. The molecule has 0 aliphatic rings. The molecule has 0 unspecified atom stereocenters. The normalized spacial score (nSPS) is 11.7. The Bertz CT molecular complexity index is 849. The Morgan fingerprint density at radius 2 is 1.83 bits per heavy atom. The van der Waals surface area contributed by atoms with Gasteiger partial charge in [0, 0.05) is 4.88 Å². The van der Waals surface area contributed by atoms with Crippen molar-refractivity contribution in [2.24, 2.45) is 0 Å². The molecule has 0 bridgehead atoms. The van der Waals surface area contributed by atoms with Crippen molar-refractivity contribution in [2.45, 2.75) is 40.2 Å². The molecule has 0 spiro atoms. The third-order valence-electron chi connectivity index (χ3n) is 3.52. The van der Waals surface area contributed by atoms with Gasteiger partial charge in [0.2, 0.25) is 0 Å². The van der Waals surface area contributed by atoms with Crippen molar-refractivity contribution in [2.75, 3.05) is 5.32 Å². The van der Waals surface area contributed by atoms with Crippen molar-refractivity contribution < 1.29 is 4.74 Å². The van der Waals surface area contributed by atoms with Crippen LogP contribution in [0, 0.1) is 13.8 Å². The number of aromatic nitrogens is 2. The average molecular weight is 327 g/mol. The smallest absolute Gasteiger partial charge is 0.143 e. The molecule has 120 valence electrons. The van der Waals surface area contributed by atoms with Crippen LogP contribution in [-0.4, -0.2) is 15.6 Å². The molecule has 0 aliphatic heterocycles. The zero-order valence-electron chi connectivity index (χ0n) is 14.1. The molecule has 0 saturated heterocycles. The number of benzene rings is 1. The van der Waals surface area contributed by atoms with Gasteiger partial charge in [-0.1, -0.05) is 12.1 Å². The maximum absolute atomic E-state index is 6.05. The van der Waals surface area contributed by atoms with Crippen molar-refractivity contribution in [3.63, 3.8) is 0 Å². The summed E-state index contributed by atoms with van der Waals surface area (Å²) in [5.41, 5.74) is 1.88. The van der Waals surface area contributed by atoms with E-state index in [-0.39, 0.29) is 5.60 Å². The number of aryl methyl sites for hydroxylation is 2. The molecule has 3 aromatic rings. The molecule has 0 amide bonds. The first-order valence-electron chi connectivity index (χ1n) is 7.61. The fourth-order valence-electron chi connectivity index (χ4n) is 2.39. The highest BCUT2D eigenvalue weighted by Crippen LogP contribution is 2.36. The van der Waals surface area contributed by atoms with E-state index >= 15 is 0 Å². The number of para-hydroxylation sites is 2. The number of hydrogen-bond donors (Lipinski definition) is 1. The van der Waals surface area contributed by atoms with Gasteiger partial charge in [-0.3, -0.25) is 0 Å². The predicted molar refractivity (Wildman–Crippen MR) is 97.0 cm³/mol. The molecule has 1 aromatic carbocycles. The lowest BCUT2D eigenvalue weighted by Crippen LogP contribution is -2.23. The summed E-state index contributed by atoms with van der Waals surface area (Å²) in [5, 5.41) is 4.51. The van der Waals surface area contributed by atoms with Gasteiger partial charge in [-0.15, -0.1) is 11.3 Å². The van der Waals surface area contributed by atoms with Crippen LogP contribution in [0.1, 0.15) is 31.2 Å². The molecule has 4 nitrogen and oxygen atoms in total. The van der Waals surface area contributed by atoms with Crippen LogP contribution in [0.15, 0.2) is 30.6 Å². The summed E-state index contributed by atoms with van der Waals surface area (Å²) in [5.74, 6) is 1.64. The number of nitrogens with zero attached hydrogens (tertiary/aromatic N) is 2. The van der Waals surface area contributed by atoms with Crippen LogP contribution in [0.4, 0.5) is 11.5 Å². The monoisotopic (exact) mass is 327 g/mol. The summed E-state index contributed by atoms with van der Waals surface area (Å²) in [4.78, 5) is 11.1. The summed E-state index contributed by atoms with van der Waals surface area (Å²) < 4.78 is 6.05. The van der Waals surface area contributed by atoms with Crippen LogP contribution in [0.3, 0.4) is 0 Å². The van der Waals surface area contributed by atoms with E-state index < -0.39 is 0 Å². The molecular formula is C18H21N3OS. The molecule has 0 saturated carbocycles. The number of thiophene rings is 1.